The van der Waals surface area contributed by atoms with E-state index in [4.69, 9.17) is 22.1 Å². The maximum absolute atomic E-state index is 12.9. The van der Waals surface area contributed by atoms with Crippen molar-refractivity contribution in [2.75, 3.05) is 24.3 Å². The number of anilines is 2. The van der Waals surface area contributed by atoms with Gasteiger partial charge >= 0.3 is 0 Å². The molecular weight excluding hydrogens is 520 g/mol. The maximum atomic E-state index is 12.9. The van der Waals surface area contributed by atoms with Crippen LogP contribution in [0.25, 0.3) is 33.1 Å². The van der Waals surface area contributed by atoms with Crippen molar-refractivity contribution in [3.63, 3.8) is 0 Å². The number of nitrogen functional groups attached to an aromatic ring is 1. The summed E-state index contributed by atoms with van der Waals surface area (Å²) in [5, 5.41) is 11.7. The lowest BCUT2D eigenvalue weighted by atomic mass is 10.0. The fraction of sp³-hybridized carbons (Fsp3) is 0.267. The van der Waals surface area contributed by atoms with Crippen molar-refractivity contribution in [3.05, 3.63) is 77.4 Å². The Bertz CT molecular complexity index is 1700. The molecule has 206 valence electrons. The topological polar surface area (TPSA) is 141 Å². The first kappa shape index (κ1) is 26.2. The van der Waals surface area contributed by atoms with Gasteiger partial charge in [-0.15, -0.1) is 0 Å². The highest BCUT2D eigenvalue weighted by molar-refractivity contribution is 6.06. The van der Waals surface area contributed by atoms with Crippen molar-refractivity contribution in [2.24, 2.45) is 0 Å². The van der Waals surface area contributed by atoms with E-state index in [0.29, 0.717) is 48.2 Å². The molecule has 1 fully saturated rings. The first-order valence-electron chi connectivity index (χ1n) is 13.5. The number of carbonyl (C=O) groups excluding carboxylic acids is 2. The quantitative estimate of drug-likeness (QED) is 0.320. The number of nitrogens with zero attached hydrogens (tertiary/aromatic N) is 5. The fourth-order valence-electron chi connectivity index (χ4n) is 5.43. The zero-order valence-electron chi connectivity index (χ0n) is 22.2. The van der Waals surface area contributed by atoms with Crippen molar-refractivity contribution in [2.45, 2.75) is 37.8 Å². The number of fused-ring (bicyclic) bond motifs is 3. The predicted molar refractivity (Wildman–Crippen MR) is 155 cm³/mol. The second-order valence-electron chi connectivity index (χ2n) is 10.1. The summed E-state index contributed by atoms with van der Waals surface area (Å²) in [6, 6.07) is 10.3. The number of hydrogen-bond acceptors (Lipinski definition) is 7. The molecule has 3 aromatic heterocycles. The smallest absolute Gasteiger partial charge is 0.256 e. The van der Waals surface area contributed by atoms with E-state index in [1.807, 2.05) is 29.0 Å². The molecule has 41 heavy (non-hydrogen) atoms. The van der Waals surface area contributed by atoms with Crippen LogP contribution in [0.5, 0.6) is 0 Å². The normalized spacial score (nSPS) is 19.6. The lowest BCUT2D eigenvalue weighted by molar-refractivity contribution is -0.122. The summed E-state index contributed by atoms with van der Waals surface area (Å²) in [6.07, 6.45) is 9.91. The number of nitrogens with two attached hydrogens (primary N) is 1. The largest absolute Gasteiger partial charge is 0.383 e. The summed E-state index contributed by atoms with van der Waals surface area (Å²) in [6.45, 7) is 7.89. The van der Waals surface area contributed by atoms with Gasteiger partial charge in [0.1, 0.15) is 17.3 Å². The molecule has 11 heteroatoms. The Kier molecular flexibility index (Phi) is 7.14. The molecule has 11 nitrogen and oxygen atoms in total. The summed E-state index contributed by atoms with van der Waals surface area (Å²) in [5.74, 6) is 0.333. The van der Waals surface area contributed by atoms with Crippen LogP contribution in [0.3, 0.4) is 0 Å². The molecule has 0 unspecified atom stereocenters. The lowest BCUT2D eigenvalue weighted by Crippen LogP contribution is -2.33. The monoisotopic (exact) mass is 548 g/mol. The molecular formula is C30H28N8O3. The molecule has 1 saturated carbocycles. The van der Waals surface area contributed by atoms with E-state index in [1.165, 1.54) is 12.3 Å². The van der Waals surface area contributed by atoms with Crippen molar-refractivity contribution in [3.8, 4) is 11.3 Å². The molecule has 2 bridgehead atoms. The average molecular weight is 549 g/mol. The van der Waals surface area contributed by atoms with E-state index in [0.717, 1.165) is 41.3 Å². The third kappa shape index (κ3) is 5.37. The second kappa shape index (κ2) is 11.2. The van der Waals surface area contributed by atoms with Gasteiger partial charge in [-0.3, -0.25) is 14.3 Å². The second-order valence-corrected chi connectivity index (χ2v) is 10.1. The Morgan fingerprint density at radius 1 is 1.20 bits per heavy atom. The molecule has 6 rings (SSSR count). The summed E-state index contributed by atoms with van der Waals surface area (Å²) in [5.41, 5.74) is 10.5. The molecule has 0 saturated heterocycles. The SMILES string of the molecule is [C-]#[N+]c1ccnc(NC(=O)c2ccc(-c3nn4c5c(cnc(N)c35)/C=C/COCCC(=O)N[C@@H]3CC[C@@H]4C3)cc2)c1. The summed E-state index contributed by atoms with van der Waals surface area (Å²) in [4.78, 5) is 37.2. The highest BCUT2D eigenvalue weighted by Gasteiger charge is 2.31. The van der Waals surface area contributed by atoms with Gasteiger partial charge in [-0.2, -0.15) is 5.10 Å². The highest BCUT2D eigenvalue weighted by atomic mass is 16.5. The standard InChI is InChI=1S/C30H28N8O3/c1-32-21-10-12-33-24(16-21)36-30(40)19-6-4-18(5-7-19)27-26-28-20(17-34-29(26)31)3-2-13-41-14-11-25(39)35-22-8-9-23(15-22)38(28)37-27/h2-7,10,12,16-17,22-23H,8-9,11,13-15H2,(H2,31,34)(H,35,39)(H,33,36,40)/b3-2+/t22-,23-/m1/s1. The summed E-state index contributed by atoms with van der Waals surface area (Å²) in [7, 11) is 0. The number of nitrogens with one attached hydrogen (secondary N) is 2. The number of carbonyl (C=O) groups is 2. The Labute approximate surface area is 236 Å². The van der Waals surface area contributed by atoms with Gasteiger partial charge in [0.25, 0.3) is 5.91 Å². The number of benzene rings is 1. The molecule has 2 aliphatic rings. The number of aromatic nitrogens is 4. The van der Waals surface area contributed by atoms with Gasteiger partial charge < -0.3 is 21.1 Å². The van der Waals surface area contributed by atoms with Crippen LogP contribution in [0, 0.1) is 6.57 Å². The Morgan fingerprint density at radius 2 is 2.05 bits per heavy atom. The third-order valence-corrected chi connectivity index (χ3v) is 7.42. The molecule has 0 spiro atoms. The Hall–Kier alpha value is -5.08. The van der Waals surface area contributed by atoms with E-state index < -0.39 is 0 Å². The van der Waals surface area contributed by atoms with Gasteiger partial charge in [0.2, 0.25) is 5.91 Å². The number of rotatable bonds is 3. The first-order chi connectivity index (χ1) is 20.0. The van der Waals surface area contributed by atoms with Gasteiger partial charge in [0.15, 0.2) is 5.69 Å². The molecule has 1 aliphatic heterocycles. The van der Waals surface area contributed by atoms with E-state index >= 15 is 0 Å². The minimum atomic E-state index is -0.339. The van der Waals surface area contributed by atoms with Gasteiger partial charge in [-0.1, -0.05) is 24.3 Å². The molecule has 2 amide bonds. The van der Waals surface area contributed by atoms with Gasteiger partial charge in [-0.05, 0) is 43.5 Å². The van der Waals surface area contributed by atoms with E-state index in [1.54, 1.807) is 24.4 Å². The van der Waals surface area contributed by atoms with Crippen molar-refractivity contribution in [1.82, 2.24) is 25.1 Å². The van der Waals surface area contributed by atoms with Crippen LogP contribution in [0.4, 0.5) is 17.3 Å². The third-order valence-electron chi connectivity index (χ3n) is 7.42. The number of hydrogen-bond donors (Lipinski definition) is 3. The van der Waals surface area contributed by atoms with Crippen LogP contribution in [-0.4, -0.2) is 50.8 Å². The van der Waals surface area contributed by atoms with E-state index in [2.05, 4.69) is 25.4 Å². The molecule has 4 heterocycles. The number of ether oxygens (including phenoxy) is 1. The lowest BCUT2D eigenvalue weighted by Gasteiger charge is -2.16. The number of amides is 2. The van der Waals surface area contributed by atoms with Crippen LogP contribution >= 0.6 is 0 Å². The van der Waals surface area contributed by atoms with Crippen LogP contribution in [0.2, 0.25) is 0 Å². The van der Waals surface area contributed by atoms with Gasteiger partial charge in [-0.25, -0.2) is 14.8 Å². The molecule has 4 N–H and O–H groups in total. The van der Waals surface area contributed by atoms with Crippen LogP contribution in [0.1, 0.15) is 47.6 Å². The zero-order chi connectivity index (χ0) is 28.3. The molecule has 4 aromatic rings. The van der Waals surface area contributed by atoms with Crippen LogP contribution < -0.4 is 16.4 Å². The molecule has 1 aliphatic carbocycles. The Morgan fingerprint density at radius 3 is 2.88 bits per heavy atom. The van der Waals surface area contributed by atoms with Gasteiger partial charge in [0, 0.05) is 41.5 Å². The molecule has 1 aromatic carbocycles. The maximum Gasteiger partial charge on any atom is 0.256 e. The molecule has 0 radical (unpaired) electrons. The summed E-state index contributed by atoms with van der Waals surface area (Å²) < 4.78 is 7.65. The van der Waals surface area contributed by atoms with Crippen molar-refractivity contribution < 1.29 is 14.3 Å². The minimum absolute atomic E-state index is 0.00386. The summed E-state index contributed by atoms with van der Waals surface area (Å²) >= 11 is 0. The van der Waals surface area contributed by atoms with Crippen molar-refractivity contribution in [1.29, 1.82) is 0 Å². The highest BCUT2D eigenvalue weighted by Crippen LogP contribution is 2.39. The van der Waals surface area contributed by atoms with Crippen LogP contribution in [-0.2, 0) is 9.53 Å². The first-order valence-corrected chi connectivity index (χ1v) is 13.5. The van der Waals surface area contributed by atoms with Crippen molar-refractivity contribution >= 4 is 46.1 Å². The fourth-order valence-corrected chi connectivity index (χ4v) is 5.43. The van der Waals surface area contributed by atoms with Gasteiger partial charge in [0.05, 0.1) is 36.7 Å². The molecule has 2 atom stereocenters. The average Bonchev–Trinajstić information content (AvgIpc) is 3.61. The Balaban J connectivity index is 1.37. The zero-order valence-corrected chi connectivity index (χ0v) is 22.2. The van der Waals surface area contributed by atoms with E-state index in [9.17, 15) is 9.59 Å². The van der Waals surface area contributed by atoms with Crippen LogP contribution in [0.15, 0.2) is 54.9 Å². The predicted octanol–water partition coefficient (Wildman–Crippen LogP) is 4.52. The number of pyridine rings is 2. The van der Waals surface area contributed by atoms with E-state index in [-0.39, 0.29) is 23.9 Å². The minimum Gasteiger partial charge on any atom is -0.383 e.